The molecule has 118 valence electrons. The fourth-order valence-corrected chi connectivity index (χ4v) is 5.11. The lowest BCUT2D eigenvalue weighted by atomic mass is 9.78. The molecule has 1 fully saturated rings. The van der Waals surface area contributed by atoms with Gasteiger partial charge in [0.05, 0.1) is 17.0 Å². The first-order chi connectivity index (χ1) is 9.76. The fraction of sp³-hybridized carbons (Fsp3) is 0.571. The van der Waals surface area contributed by atoms with Gasteiger partial charge in [0.25, 0.3) is 0 Å². The third kappa shape index (κ3) is 4.11. The second kappa shape index (κ2) is 6.42. The first kappa shape index (κ1) is 17.0. The van der Waals surface area contributed by atoms with Gasteiger partial charge in [0.2, 0.25) is 10.0 Å². The maximum absolute atomic E-state index is 12.5. The SMILES string of the molecule is CC1CCCC(CO)(NS(=O)(=O)c2cc(Cl)cc(Cl)c2)C1. The number of hydrogen-bond donors (Lipinski definition) is 2. The molecule has 0 amide bonds. The first-order valence-corrected chi connectivity index (χ1v) is 9.11. The normalized spacial score (nSPS) is 26.8. The molecule has 2 N–H and O–H groups in total. The van der Waals surface area contributed by atoms with Crippen LogP contribution in [0.25, 0.3) is 0 Å². The average Bonchev–Trinajstić information content (AvgIpc) is 2.37. The Morgan fingerprint density at radius 3 is 2.48 bits per heavy atom. The van der Waals surface area contributed by atoms with Crippen LogP contribution in [0.15, 0.2) is 23.1 Å². The zero-order valence-corrected chi connectivity index (χ0v) is 14.1. The Hall–Kier alpha value is -0.330. The summed E-state index contributed by atoms with van der Waals surface area (Å²) < 4.78 is 27.7. The minimum Gasteiger partial charge on any atom is -0.394 e. The van der Waals surface area contributed by atoms with Crippen LogP contribution < -0.4 is 4.72 Å². The van der Waals surface area contributed by atoms with Crippen molar-refractivity contribution in [3.8, 4) is 0 Å². The van der Waals surface area contributed by atoms with Crippen LogP contribution >= 0.6 is 23.2 Å². The van der Waals surface area contributed by atoms with Crippen molar-refractivity contribution in [2.45, 2.75) is 43.0 Å². The van der Waals surface area contributed by atoms with Crippen LogP contribution in [0.4, 0.5) is 0 Å². The number of aliphatic hydroxyl groups is 1. The summed E-state index contributed by atoms with van der Waals surface area (Å²) in [7, 11) is -3.78. The van der Waals surface area contributed by atoms with E-state index in [4.69, 9.17) is 23.2 Å². The number of rotatable bonds is 4. The third-order valence-corrected chi connectivity index (χ3v) is 5.89. The Morgan fingerprint density at radius 2 is 1.95 bits per heavy atom. The van der Waals surface area contributed by atoms with Gasteiger partial charge in [-0.15, -0.1) is 0 Å². The Labute approximate surface area is 135 Å². The molecule has 1 saturated carbocycles. The maximum Gasteiger partial charge on any atom is 0.241 e. The summed E-state index contributed by atoms with van der Waals surface area (Å²) in [6.45, 7) is 1.85. The van der Waals surface area contributed by atoms with Crippen LogP contribution in [-0.2, 0) is 10.0 Å². The summed E-state index contributed by atoms with van der Waals surface area (Å²) in [5.74, 6) is 0.372. The number of halogens is 2. The van der Waals surface area contributed by atoms with E-state index in [1.165, 1.54) is 18.2 Å². The minimum absolute atomic E-state index is 0.0195. The minimum atomic E-state index is -3.78. The molecule has 7 heteroatoms. The largest absolute Gasteiger partial charge is 0.394 e. The second-order valence-corrected chi connectivity index (χ2v) is 8.41. The summed E-state index contributed by atoms with van der Waals surface area (Å²) in [5.41, 5.74) is -0.800. The van der Waals surface area contributed by atoms with E-state index in [2.05, 4.69) is 11.6 Å². The molecule has 0 heterocycles. The van der Waals surface area contributed by atoms with E-state index in [0.29, 0.717) is 18.8 Å². The zero-order chi connectivity index (χ0) is 15.7. The van der Waals surface area contributed by atoms with Crippen LogP contribution in [0, 0.1) is 5.92 Å². The highest BCUT2D eigenvalue weighted by atomic mass is 35.5. The lowest BCUT2D eigenvalue weighted by molar-refractivity contribution is 0.120. The van der Waals surface area contributed by atoms with E-state index in [1.807, 2.05) is 0 Å². The molecule has 1 aromatic rings. The van der Waals surface area contributed by atoms with E-state index in [9.17, 15) is 13.5 Å². The molecule has 2 rings (SSSR count). The van der Waals surface area contributed by atoms with Crippen molar-refractivity contribution in [2.75, 3.05) is 6.61 Å². The standard InChI is InChI=1S/C14H19Cl2NO3S/c1-10-3-2-4-14(8-10,9-18)17-21(19,20)13-6-11(15)5-12(16)7-13/h5-7,10,17-18H,2-4,8-9H2,1H3. The molecule has 1 aliphatic rings. The van der Waals surface area contributed by atoms with Gasteiger partial charge in [0.1, 0.15) is 0 Å². The molecule has 0 saturated heterocycles. The van der Waals surface area contributed by atoms with Crippen LogP contribution in [-0.4, -0.2) is 25.7 Å². The predicted molar refractivity (Wildman–Crippen MR) is 84.2 cm³/mol. The van der Waals surface area contributed by atoms with Crippen molar-refractivity contribution in [1.82, 2.24) is 4.72 Å². The second-order valence-electron chi connectivity index (χ2n) is 5.85. The molecule has 1 aromatic carbocycles. The van der Waals surface area contributed by atoms with Crippen LogP contribution in [0.1, 0.15) is 32.6 Å². The monoisotopic (exact) mass is 351 g/mol. The fourth-order valence-electron chi connectivity index (χ4n) is 2.96. The Bertz CT molecular complexity index is 600. The molecule has 21 heavy (non-hydrogen) atoms. The number of aliphatic hydroxyl groups excluding tert-OH is 1. The van der Waals surface area contributed by atoms with Gasteiger partial charge in [-0.05, 0) is 37.0 Å². The average molecular weight is 352 g/mol. The van der Waals surface area contributed by atoms with Crippen molar-refractivity contribution in [3.05, 3.63) is 28.2 Å². The van der Waals surface area contributed by atoms with Gasteiger partial charge >= 0.3 is 0 Å². The summed E-state index contributed by atoms with van der Waals surface area (Å²) in [6.07, 6.45) is 3.19. The highest BCUT2D eigenvalue weighted by Crippen LogP contribution is 2.33. The van der Waals surface area contributed by atoms with E-state index in [0.717, 1.165) is 12.8 Å². The Kier molecular flexibility index (Phi) is 5.21. The smallest absolute Gasteiger partial charge is 0.241 e. The maximum atomic E-state index is 12.5. The van der Waals surface area contributed by atoms with Crippen molar-refractivity contribution in [3.63, 3.8) is 0 Å². The lowest BCUT2D eigenvalue weighted by Crippen LogP contribution is -2.53. The van der Waals surface area contributed by atoms with E-state index >= 15 is 0 Å². The van der Waals surface area contributed by atoms with E-state index < -0.39 is 15.6 Å². The van der Waals surface area contributed by atoms with Gasteiger partial charge in [0, 0.05) is 10.0 Å². The number of hydrogen-bond acceptors (Lipinski definition) is 3. The van der Waals surface area contributed by atoms with Gasteiger partial charge in [-0.3, -0.25) is 0 Å². The van der Waals surface area contributed by atoms with Gasteiger partial charge < -0.3 is 5.11 Å². The summed E-state index contributed by atoms with van der Waals surface area (Å²) in [6, 6.07) is 4.19. The molecule has 0 radical (unpaired) electrons. The van der Waals surface area contributed by atoms with Gasteiger partial charge in [-0.25, -0.2) is 13.1 Å². The topological polar surface area (TPSA) is 66.4 Å². The van der Waals surface area contributed by atoms with Crippen LogP contribution in [0.2, 0.25) is 10.0 Å². The predicted octanol–water partition coefficient (Wildman–Crippen LogP) is 3.21. The third-order valence-electron chi connectivity index (χ3n) is 3.89. The van der Waals surface area contributed by atoms with Crippen molar-refractivity contribution >= 4 is 33.2 Å². The Balaban J connectivity index is 2.31. The first-order valence-electron chi connectivity index (χ1n) is 6.87. The van der Waals surface area contributed by atoms with Crippen molar-refractivity contribution in [2.24, 2.45) is 5.92 Å². The zero-order valence-electron chi connectivity index (χ0n) is 11.8. The van der Waals surface area contributed by atoms with Crippen LogP contribution in [0.3, 0.4) is 0 Å². The number of benzene rings is 1. The molecule has 0 spiro atoms. The van der Waals surface area contributed by atoms with Gasteiger partial charge in [-0.1, -0.05) is 43.0 Å². The lowest BCUT2D eigenvalue weighted by Gasteiger charge is -2.39. The molecular formula is C14H19Cl2NO3S. The van der Waals surface area contributed by atoms with Gasteiger partial charge in [-0.2, -0.15) is 0 Å². The number of sulfonamides is 1. The van der Waals surface area contributed by atoms with Crippen LogP contribution in [0.5, 0.6) is 0 Å². The summed E-state index contributed by atoms with van der Waals surface area (Å²) in [5, 5.41) is 10.2. The summed E-state index contributed by atoms with van der Waals surface area (Å²) >= 11 is 11.7. The summed E-state index contributed by atoms with van der Waals surface area (Å²) in [4.78, 5) is 0.0195. The molecular weight excluding hydrogens is 333 g/mol. The molecule has 4 nitrogen and oxygen atoms in total. The molecule has 0 bridgehead atoms. The van der Waals surface area contributed by atoms with Crippen molar-refractivity contribution in [1.29, 1.82) is 0 Å². The quantitative estimate of drug-likeness (QED) is 0.874. The van der Waals surface area contributed by atoms with E-state index in [-0.39, 0.29) is 21.5 Å². The van der Waals surface area contributed by atoms with E-state index in [1.54, 1.807) is 0 Å². The molecule has 0 aromatic heterocycles. The molecule has 0 aliphatic heterocycles. The van der Waals surface area contributed by atoms with Crippen molar-refractivity contribution < 1.29 is 13.5 Å². The molecule has 2 atom stereocenters. The highest BCUT2D eigenvalue weighted by Gasteiger charge is 2.38. The molecule has 1 aliphatic carbocycles. The number of nitrogens with one attached hydrogen (secondary N) is 1. The Morgan fingerprint density at radius 1 is 1.33 bits per heavy atom. The highest BCUT2D eigenvalue weighted by molar-refractivity contribution is 7.89. The van der Waals surface area contributed by atoms with Gasteiger partial charge in [0.15, 0.2) is 0 Å². The molecule has 2 unspecified atom stereocenters.